The van der Waals surface area contributed by atoms with Crippen LogP contribution in [0, 0.1) is 0 Å². The lowest BCUT2D eigenvalue weighted by atomic mass is 10.1. The summed E-state index contributed by atoms with van der Waals surface area (Å²) in [5.41, 5.74) is 1.85. The number of fused-ring (bicyclic) bond motifs is 1. The summed E-state index contributed by atoms with van der Waals surface area (Å²) in [7, 11) is 2.01. The van der Waals surface area contributed by atoms with Gasteiger partial charge < -0.3 is 18.9 Å². The molecule has 2 aliphatic heterocycles. The Morgan fingerprint density at radius 1 is 1.12 bits per heavy atom. The van der Waals surface area contributed by atoms with Crippen LogP contribution in [0.15, 0.2) is 30.7 Å². The highest BCUT2D eigenvalue weighted by Gasteiger charge is 2.22. The molecule has 138 valence electrons. The van der Waals surface area contributed by atoms with Gasteiger partial charge in [-0.2, -0.15) is 0 Å². The maximum Gasteiger partial charge on any atom is 0.254 e. The Labute approximate surface area is 153 Å². The van der Waals surface area contributed by atoms with E-state index in [-0.39, 0.29) is 5.91 Å². The zero-order valence-corrected chi connectivity index (χ0v) is 15.1. The van der Waals surface area contributed by atoms with Crippen LogP contribution in [0.2, 0.25) is 0 Å². The van der Waals surface area contributed by atoms with Gasteiger partial charge in [-0.1, -0.05) is 0 Å². The summed E-state index contributed by atoms with van der Waals surface area (Å²) in [5.74, 6) is 1.44. The number of rotatable bonds is 3. The number of benzene rings is 1. The minimum Gasteiger partial charge on any atom is -0.486 e. The number of aromatic nitrogens is 2. The highest BCUT2D eigenvalue weighted by Crippen LogP contribution is 2.31. The van der Waals surface area contributed by atoms with E-state index >= 15 is 0 Å². The zero-order chi connectivity index (χ0) is 17.9. The Kier molecular flexibility index (Phi) is 4.79. The second kappa shape index (κ2) is 7.37. The average Bonchev–Trinajstić information content (AvgIpc) is 2.93. The number of carbonyl (C=O) groups is 1. The first kappa shape index (κ1) is 16.9. The molecule has 1 saturated heterocycles. The van der Waals surface area contributed by atoms with Gasteiger partial charge in [-0.3, -0.25) is 9.69 Å². The van der Waals surface area contributed by atoms with E-state index in [0.29, 0.717) is 30.3 Å². The van der Waals surface area contributed by atoms with Crippen LogP contribution in [0.4, 0.5) is 0 Å². The second-order valence-corrected chi connectivity index (χ2v) is 6.78. The van der Waals surface area contributed by atoms with Crippen LogP contribution in [0.5, 0.6) is 11.5 Å². The van der Waals surface area contributed by atoms with E-state index in [4.69, 9.17) is 9.47 Å². The van der Waals surface area contributed by atoms with Gasteiger partial charge >= 0.3 is 0 Å². The molecular weight excluding hydrogens is 332 g/mol. The molecule has 1 aromatic carbocycles. The lowest BCUT2D eigenvalue weighted by molar-refractivity contribution is 0.0760. The molecule has 0 saturated carbocycles. The lowest BCUT2D eigenvalue weighted by Crippen LogP contribution is -2.35. The number of aryl methyl sites for hydroxylation is 1. The molecule has 2 aromatic rings. The molecule has 0 atom stereocenters. The molecule has 1 aromatic heterocycles. The van der Waals surface area contributed by atoms with Gasteiger partial charge in [-0.25, -0.2) is 4.98 Å². The molecule has 0 unspecified atom stereocenters. The topological polar surface area (TPSA) is 59.8 Å². The summed E-state index contributed by atoms with van der Waals surface area (Å²) in [6, 6.07) is 5.46. The van der Waals surface area contributed by atoms with Crippen LogP contribution in [-0.4, -0.2) is 64.7 Å². The molecule has 0 N–H and O–H groups in total. The summed E-state index contributed by atoms with van der Waals surface area (Å²) in [6.07, 6.45) is 4.70. The summed E-state index contributed by atoms with van der Waals surface area (Å²) in [6.45, 7) is 5.29. The highest BCUT2D eigenvalue weighted by molar-refractivity contribution is 5.95. The number of amides is 1. The van der Waals surface area contributed by atoms with Crippen molar-refractivity contribution in [3.05, 3.63) is 42.0 Å². The van der Waals surface area contributed by atoms with Crippen LogP contribution in [-0.2, 0) is 13.6 Å². The van der Waals surface area contributed by atoms with E-state index in [9.17, 15) is 4.79 Å². The molecule has 0 radical (unpaired) electrons. The van der Waals surface area contributed by atoms with E-state index in [0.717, 1.165) is 39.1 Å². The van der Waals surface area contributed by atoms with Gasteiger partial charge in [0.25, 0.3) is 5.91 Å². The first-order valence-corrected chi connectivity index (χ1v) is 9.07. The Morgan fingerprint density at radius 2 is 1.96 bits per heavy atom. The first-order chi connectivity index (χ1) is 12.7. The normalized spacial score (nSPS) is 17.8. The third-order valence-corrected chi connectivity index (χ3v) is 4.97. The average molecular weight is 356 g/mol. The van der Waals surface area contributed by atoms with Gasteiger partial charge in [0.1, 0.15) is 13.2 Å². The highest BCUT2D eigenvalue weighted by atomic mass is 16.6. The molecule has 3 heterocycles. The molecule has 2 aliphatic rings. The maximum atomic E-state index is 12.9. The zero-order valence-electron chi connectivity index (χ0n) is 15.1. The lowest BCUT2D eigenvalue weighted by Gasteiger charge is -2.23. The second-order valence-electron chi connectivity index (χ2n) is 6.78. The van der Waals surface area contributed by atoms with Gasteiger partial charge in [0.15, 0.2) is 11.5 Å². The van der Waals surface area contributed by atoms with Gasteiger partial charge in [0.05, 0.1) is 12.0 Å². The van der Waals surface area contributed by atoms with Gasteiger partial charge in [-0.15, -0.1) is 0 Å². The van der Waals surface area contributed by atoms with Crippen LogP contribution >= 0.6 is 0 Å². The van der Waals surface area contributed by atoms with Crippen molar-refractivity contribution in [1.29, 1.82) is 0 Å². The van der Waals surface area contributed by atoms with Crippen LogP contribution in [0.1, 0.15) is 22.5 Å². The summed E-state index contributed by atoms with van der Waals surface area (Å²) >= 11 is 0. The first-order valence-electron chi connectivity index (χ1n) is 9.07. The van der Waals surface area contributed by atoms with Crippen LogP contribution in [0.3, 0.4) is 0 Å². The Bertz CT molecular complexity index is 789. The minimum absolute atomic E-state index is 0.0596. The van der Waals surface area contributed by atoms with E-state index < -0.39 is 0 Å². The van der Waals surface area contributed by atoms with Crippen molar-refractivity contribution < 1.29 is 14.3 Å². The van der Waals surface area contributed by atoms with E-state index in [2.05, 4.69) is 9.88 Å². The van der Waals surface area contributed by atoms with Crippen molar-refractivity contribution in [1.82, 2.24) is 19.4 Å². The minimum atomic E-state index is 0.0596. The van der Waals surface area contributed by atoms with Crippen LogP contribution < -0.4 is 9.47 Å². The maximum absolute atomic E-state index is 12.9. The fraction of sp³-hybridized carbons (Fsp3) is 0.474. The molecule has 7 heteroatoms. The molecule has 26 heavy (non-hydrogen) atoms. The molecule has 0 aliphatic carbocycles. The summed E-state index contributed by atoms with van der Waals surface area (Å²) < 4.78 is 13.2. The molecule has 7 nitrogen and oxygen atoms in total. The number of carbonyl (C=O) groups excluding carboxylic acids is 1. The molecule has 0 spiro atoms. The predicted molar refractivity (Wildman–Crippen MR) is 96.4 cm³/mol. The summed E-state index contributed by atoms with van der Waals surface area (Å²) in [5, 5.41) is 0. The van der Waals surface area contributed by atoms with Crippen molar-refractivity contribution in [2.45, 2.75) is 13.0 Å². The monoisotopic (exact) mass is 356 g/mol. The van der Waals surface area contributed by atoms with Crippen molar-refractivity contribution >= 4 is 5.91 Å². The summed E-state index contributed by atoms with van der Waals surface area (Å²) in [4.78, 5) is 21.4. The van der Waals surface area contributed by atoms with Crippen LogP contribution in [0.25, 0.3) is 0 Å². The quantitative estimate of drug-likeness (QED) is 0.835. The van der Waals surface area contributed by atoms with Crippen molar-refractivity contribution in [3.63, 3.8) is 0 Å². The fourth-order valence-electron chi connectivity index (χ4n) is 3.46. The van der Waals surface area contributed by atoms with Crippen molar-refractivity contribution in [2.75, 3.05) is 39.4 Å². The molecule has 1 amide bonds. The number of imidazole rings is 1. The van der Waals surface area contributed by atoms with E-state index in [1.807, 2.05) is 41.2 Å². The number of nitrogens with zero attached hydrogens (tertiary/aromatic N) is 4. The number of ether oxygens (including phenoxy) is 2. The van der Waals surface area contributed by atoms with Crippen molar-refractivity contribution in [3.8, 4) is 11.5 Å². The molecular formula is C19H24N4O3. The van der Waals surface area contributed by atoms with E-state index in [1.165, 1.54) is 5.69 Å². The molecule has 1 fully saturated rings. The third kappa shape index (κ3) is 3.53. The number of hydrogen-bond donors (Lipinski definition) is 0. The third-order valence-electron chi connectivity index (χ3n) is 4.97. The van der Waals surface area contributed by atoms with Gasteiger partial charge in [0, 0.05) is 51.5 Å². The largest absolute Gasteiger partial charge is 0.486 e. The molecule has 4 rings (SSSR count). The van der Waals surface area contributed by atoms with Crippen molar-refractivity contribution in [2.24, 2.45) is 7.05 Å². The van der Waals surface area contributed by atoms with E-state index in [1.54, 1.807) is 6.07 Å². The fourth-order valence-corrected chi connectivity index (χ4v) is 3.46. The number of hydrogen-bond acceptors (Lipinski definition) is 5. The van der Waals surface area contributed by atoms with Gasteiger partial charge in [0.2, 0.25) is 0 Å². The van der Waals surface area contributed by atoms with Gasteiger partial charge in [-0.05, 0) is 24.6 Å². The Morgan fingerprint density at radius 3 is 2.77 bits per heavy atom. The SMILES string of the molecule is Cn1cncc1CN1CCCN(C(=O)c2ccc3c(c2)OCCO3)CC1. The Balaban J connectivity index is 1.40. The smallest absolute Gasteiger partial charge is 0.254 e. The standard InChI is InChI=1S/C19H24N4O3/c1-21-14-20-12-16(21)13-22-5-2-6-23(8-7-22)19(24)15-3-4-17-18(11-15)26-10-9-25-17/h3-4,11-12,14H,2,5-10,13H2,1H3. The predicted octanol–water partition coefficient (Wildman–Crippen LogP) is 1.54. The Hall–Kier alpha value is -2.54. The molecule has 0 bridgehead atoms.